The summed E-state index contributed by atoms with van der Waals surface area (Å²) in [5, 5.41) is 2.03. The van der Waals surface area contributed by atoms with Crippen molar-refractivity contribution in [2.24, 2.45) is 5.73 Å². The number of carbonyl (C=O) groups is 1. The summed E-state index contributed by atoms with van der Waals surface area (Å²) in [6, 6.07) is 10.8. The van der Waals surface area contributed by atoms with Crippen molar-refractivity contribution in [1.29, 1.82) is 0 Å². The Bertz CT molecular complexity index is 556. The van der Waals surface area contributed by atoms with Crippen molar-refractivity contribution in [3.8, 4) is 0 Å². The fourth-order valence-corrected chi connectivity index (χ4v) is 3.02. The average Bonchev–Trinajstić information content (AvgIpc) is 2.83. The van der Waals surface area contributed by atoms with Crippen LogP contribution in [0.4, 0.5) is 0 Å². The maximum absolute atomic E-state index is 12.2. The molecule has 19 heavy (non-hydrogen) atoms. The van der Waals surface area contributed by atoms with E-state index in [0.717, 1.165) is 14.9 Å². The van der Waals surface area contributed by atoms with Gasteiger partial charge < -0.3 is 10.6 Å². The van der Waals surface area contributed by atoms with Gasteiger partial charge in [0, 0.05) is 13.6 Å². The summed E-state index contributed by atoms with van der Waals surface area (Å²) in [6.07, 6.45) is 0. The minimum Gasteiger partial charge on any atom is -0.340 e. The van der Waals surface area contributed by atoms with Crippen molar-refractivity contribution in [3.63, 3.8) is 0 Å². The Morgan fingerprint density at radius 2 is 2.11 bits per heavy atom. The van der Waals surface area contributed by atoms with Crippen LogP contribution in [0.1, 0.15) is 17.2 Å². The molecule has 1 heterocycles. The smallest absolute Gasteiger partial charge is 0.244 e. The Morgan fingerprint density at radius 3 is 2.68 bits per heavy atom. The first-order chi connectivity index (χ1) is 9.08. The lowest BCUT2D eigenvalue weighted by molar-refractivity contribution is -0.131. The number of thiophene rings is 1. The maximum Gasteiger partial charge on any atom is 0.244 e. The van der Waals surface area contributed by atoms with E-state index in [1.165, 1.54) is 0 Å². The normalized spacial score (nSPS) is 12.2. The molecule has 1 aromatic carbocycles. The Morgan fingerprint density at radius 1 is 1.42 bits per heavy atom. The van der Waals surface area contributed by atoms with Crippen LogP contribution in [0.2, 0.25) is 0 Å². The largest absolute Gasteiger partial charge is 0.340 e. The van der Waals surface area contributed by atoms with Gasteiger partial charge in [-0.3, -0.25) is 4.79 Å². The van der Waals surface area contributed by atoms with E-state index in [-0.39, 0.29) is 5.91 Å². The van der Waals surface area contributed by atoms with Crippen LogP contribution in [0.5, 0.6) is 0 Å². The number of hydrogen-bond acceptors (Lipinski definition) is 3. The van der Waals surface area contributed by atoms with E-state index in [1.54, 1.807) is 23.3 Å². The average molecular weight is 339 g/mol. The molecule has 0 saturated carbocycles. The molecule has 0 aliphatic carbocycles. The lowest BCUT2D eigenvalue weighted by Gasteiger charge is -2.21. The first kappa shape index (κ1) is 14.2. The fraction of sp³-hybridized carbons (Fsp3) is 0.214. The molecule has 0 bridgehead atoms. The van der Waals surface area contributed by atoms with Crippen molar-refractivity contribution >= 4 is 33.2 Å². The number of hydrogen-bond donors (Lipinski definition) is 1. The quantitative estimate of drug-likeness (QED) is 0.930. The molecule has 0 spiro atoms. The molecule has 2 rings (SSSR count). The molecule has 1 aromatic heterocycles. The van der Waals surface area contributed by atoms with Crippen LogP contribution in [0.15, 0.2) is 45.6 Å². The van der Waals surface area contributed by atoms with Crippen molar-refractivity contribution in [1.82, 2.24) is 4.90 Å². The van der Waals surface area contributed by atoms with Crippen molar-refractivity contribution in [3.05, 3.63) is 56.7 Å². The van der Waals surface area contributed by atoms with E-state index in [2.05, 4.69) is 15.9 Å². The van der Waals surface area contributed by atoms with Crippen molar-refractivity contribution in [2.75, 3.05) is 7.05 Å². The van der Waals surface area contributed by atoms with Gasteiger partial charge in [0.2, 0.25) is 5.91 Å². The third-order valence-corrected chi connectivity index (χ3v) is 4.40. The molecule has 0 saturated heterocycles. The highest BCUT2D eigenvalue weighted by molar-refractivity contribution is 9.11. The summed E-state index contributed by atoms with van der Waals surface area (Å²) in [5.41, 5.74) is 7.94. The van der Waals surface area contributed by atoms with Gasteiger partial charge in [-0.1, -0.05) is 30.3 Å². The summed E-state index contributed by atoms with van der Waals surface area (Å²) in [6.45, 7) is 0.571. The molecule has 5 heteroatoms. The number of halogens is 1. The number of benzene rings is 1. The minimum atomic E-state index is -0.603. The van der Waals surface area contributed by atoms with Gasteiger partial charge in [0.15, 0.2) is 0 Å². The monoisotopic (exact) mass is 338 g/mol. The predicted octanol–water partition coefficient (Wildman–Crippen LogP) is 3.17. The molecule has 0 aliphatic rings. The van der Waals surface area contributed by atoms with Crippen LogP contribution in [-0.4, -0.2) is 17.9 Å². The van der Waals surface area contributed by atoms with Gasteiger partial charge >= 0.3 is 0 Å². The topological polar surface area (TPSA) is 46.3 Å². The van der Waals surface area contributed by atoms with E-state index >= 15 is 0 Å². The molecular formula is C14H15BrN2OS. The number of likely N-dealkylation sites (N-methyl/N-ethyl adjacent to an activating group) is 1. The number of nitrogens with two attached hydrogens (primary N) is 1. The van der Waals surface area contributed by atoms with Gasteiger partial charge in [-0.05, 0) is 38.5 Å². The lowest BCUT2D eigenvalue weighted by atomic mass is 10.1. The SMILES string of the molecule is CN(Cc1csc(Br)c1)C(=O)[C@H](N)c1ccccc1. The zero-order valence-electron chi connectivity index (χ0n) is 10.5. The van der Waals surface area contributed by atoms with Gasteiger partial charge in [0.05, 0.1) is 3.79 Å². The molecule has 2 aromatic rings. The van der Waals surface area contributed by atoms with Crippen LogP contribution < -0.4 is 5.73 Å². The van der Waals surface area contributed by atoms with E-state index in [1.807, 2.05) is 41.8 Å². The maximum atomic E-state index is 12.2. The standard InChI is InChI=1S/C14H15BrN2OS/c1-17(8-10-7-12(15)19-9-10)14(18)13(16)11-5-3-2-4-6-11/h2-7,9,13H,8,16H2,1H3/t13-/m1/s1. The van der Waals surface area contributed by atoms with Crippen LogP contribution >= 0.6 is 27.3 Å². The highest BCUT2D eigenvalue weighted by atomic mass is 79.9. The Labute approximate surface area is 125 Å². The Kier molecular flexibility index (Phi) is 4.74. The highest BCUT2D eigenvalue weighted by Gasteiger charge is 2.19. The van der Waals surface area contributed by atoms with E-state index in [0.29, 0.717) is 6.54 Å². The molecular weight excluding hydrogens is 324 g/mol. The Balaban J connectivity index is 2.03. The molecule has 0 aliphatic heterocycles. The highest BCUT2D eigenvalue weighted by Crippen LogP contribution is 2.22. The molecule has 2 N–H and O–H groups in total. The number of nitrogens with zero attached hydrogens (tertiary/aromatic N) is 1. The molecule has 100 valence electrons. The predicted molar refractivity (Wildman–Crippen MR) is 81.9 cm³/mol. The molecule has 0 radical (unpaired) electrons. The zero-order chi connectivity index (χ0) is 13.8. The summed E-state index contributed by atoms with van der Waals surface area (Å²) in [7, 11) is 1.77. The van der Waals surface area contributed by atoms with Crippen molar-refractivity contribution < 1.29 is 4.79 Å². The second-order valence-corrected chi connectivity index (χ2v) is 6.63. The first-order valence-corrected chi connectivity index (χ1v) is 7.53. The van der Waals surface area contributed by atoms with Crippen LogP contribution in [0, 0.1) is 0 Å². The molecule has 1 atom stereocenters. The van der Waals surface area contributed by atoms with E-state index < -0.39 is 6.04 Å². The van der Waals surface area contributed by atoms with Gasteiger partial charge in [0.1, 0.15) is 6.04 Å². The van der Waals surface area contributed by atoms with E-state index in [9.17, 15) is 4.79 Å². The van der Waals surface area contributed by atoms with E-state index in [4.69, 9.17) is 5.73 Å². The van der Waals surface area contributed by atoms with Crippen molar-refractivity contribution in [2.45, 2.75) is 12.6 Å². The first-order valence-electron chi connectivity index (χ1n) is 5.86. The molecule has 1 amide bonds. The van der Waals surface area contributed by atoms with Crippen LogP contribution in [-0.2, 0) is 11.3 Å². The molecule has 0 fully saturated rings. The number of amides is 1. The van der Waals surface area contributed by atoms with Gasteiger partial charge in [0.25, 0.3) is 0 Å². The summed E-state index contributed by atoms with van der Waals surface area (Å²) in [4.78, 5) is 13.9. The second-order valence-electron chi connectivity index (χ2n) is 4.34. The third kappa shape index (κ3) is 3.65. The van der Waals surface area contributed by atoms with Crippen LogP contribution in [0.3, 0.4) is 0 Å². The molecule has 0 unspecified atom stereocenters. The minimum absolute atomic E-state index is 0.0754. The second kappa shape index (κ2) is 6.32. The Hall–Kier alpha value is -1.17. The summed E-state index contributed by atoms with van der Waals surface area (Å²) < 4.78 is 1.07. The molecule has 3 nitrogen and oxygen atoms in total. The van der Waals surface area contributed by atoms with Gasteiger partial charge in [-0.25, -0.2) is 0 Å². The zero-order valence-corrected chi connectivity index (χ0v) is 12.9. The number of carbonyl (C=O) groups excluding carboxylic acids is 1. The summed E-state index contributed by atoms with van der Waals surface area (Å²) >= 11 is 5.03. The van der Waals surface area contributed by atoms with Crippen LogP contribution in [0.25, 0.3) is 0 Å². The lowest BCUT2D eigenvalue weighted by Crippen LogP contribution is -2.35. The fourth-order valence-electron chi connectivity index (χ4n) is 1.82. The van der Waals surface area contributed by atoms with Gasteiger partial charge in [-0.15, -0.1) is 11.3 Å². The number of rotatable bonds is 4. The summed E-state index contributed by atoms with van der Waals surface area (Å²) in [5.74, 6) is -0.0754. The third-order valence-electron chi connectivity index (χ3n) is 2.84. The van der Waals surface area contributed by atoms with Gasteiger partial charge in [-0.2, -0.15) is 0 Å².